The van der Waals surface area contributed by atoms with E-state index in [0.29, 0.717) is 12.1 Å². The van der Waals surface area contributed by atoms with Gasteiger partial charge >= 0.3 is 6.18 Å². The first-order chi connectivity index (χ1) is 9.79. The fourth-order valence-electron chi connectivity index (χ4n) is 1.61. The molecular formula is C13H9F4N3O. The van der Waals surface area contributed by atoms with Crippen LogP contribution < -0.4 is 11.1 Å². The maximum absolute atomic E-state index is 13.1. The Bertz CT molecular complexity index is 685. The van der Waals surface area contributed by atoms with Gasteiger partial charge in [0, 0.05) is 23.8 Å². The van der Waals surface area contributed by atoms with Gasteiger partial charge in [-0.05, 0) is 24.3 Å². The second-order valence-corrected chi connectivity index (χ2v) is 4.11. The summed E-state index contributed by atoms with van der Waals surface area (Å²) in [7, 11) is 0. The molecule has 0 saturated heterocycles. The Morgan fingerprint density at radius 3 is 2.57 bits per heavy atom. The van der Waals surface area contributed by atoms with Gasteiger partial charge in [0.1, 0.15) is 5.82 Å². The Morgan fingerprint density at radius 2 is 1.95 bits per heavy atom. The quantitative estimate of drug-likeness (QED) is 0.837. The molecule has 0 spiro atoms. The van der Waals surface area contributed by atoms with Crippen molar-refractivity contribution in [2.24, 2.45) is 0 Å². The van der Waals surface area contributed by atoms with Crippen molar-refractivity contribution in [2.45, 2.75) is 6.18 Å². The molecule has 0 aliphatic rings. The van der Waals surface area contributed by atoms with Gasteiger partial charge in [0.2, 0.25) is 0 Å². The number of carbonyl (C=O) groups is 1. The van der Waals surface area contributed by atoms with Crippen molar-refractivity contribution in [3.8, 4) is 0 Å². The number of carbonyl (C=O) groups excluding carboxylic acids is 1. The molecule has 0 atom stereocenters. The molecule has 0 saturated carbocycles. The van der Waals surface area contributed by atoms with Crippen LogP contribution in [0, 0.1) is 5.82 Å². The number of hydrogen-bond donors (Lipinski definition) is 2. The smallest absolute Gasteiger partial charge is 0.398 e. The van der Waals surface area contributed by atoms with Gasteiger partial charge in [0.15, 0.2) is 0 Å². The Labute approximate surface area is 116 Å². The van der Waals surface area contributed by atoms with Gasteiger partial charge in [-0.1, -0.05) is 0 Å². The Hall–Kier alpha value is -2.64. The minimum Gasteiger partial charge on any atom is -0.398 e. The predicted molar refractivity (Wildman–Crippen MR) is 68.0 cm³/mol. The second kappa shape index (κ2) is 5.39. The molecule has 110 valence electrons. The second-order valence-electron chi connectivity index (χ2n) is 4.11. The molecule has 3 N–H and O–H groups in total. The molecule has 1 aromatic heterocycles. The SMILES string of the molecule is Nc1ccncc1C(=O)Nc1ccc(F)c(C(F)(F)F)c1. The van der Waals surface area contributed by atoms with E-state index in [-0.39, 0.29) is 16.9 Å². The van der Waals surface area contributed by atoms with Crippen molar-refractivity contribution >= 4 is 17.3 Å². The number of rotatable bonds is 2. The summed E-state index contributed by atoms with van der Waals surface area (Å²) < 4.78 is 50.8. The van der Waals surface area contributed by atoms with E-state index in [1.807, 2.05) is 0 Å². The lowest BCUT2D eigenvalue weighted by molar-refractivity contribution is -0.139. The van der Waals surface area contributed by atoms with E-state index in [2.05, 4.69) is 10.3 Å². The maximum atomic E-state index is 13.1. The predicted octanol–water partition coefficient (Wildman–Crippen LogP) is 3.07. The number of nitrogens with zero attached hydrogens (tertiary/aromatic N) is 1. The minimum absolute atomic E-state index is 0.00961. The lowest BCUT2D eigenvalue weighted by Gasteiger charge is -2.11. The number of amides is 1. The van der Waals surface area contributed by atoms with E-state index >= 15 is 0 Å². The molecule has 1 heterocycles. The van der Waals surface area contributed by atoms with Crippen LogP contribution in [0.2, 0.25) is 0 Å². The molecule has 0 bridgehead atoms. The van der Waals surface area contributed by atoms with Gasteiger partial charge in [-0.15, -0.1) is 0 Å². The fourth-order valence-corrected chi connectivity index (χ4v) is 1.61. The van der Waals surface area contributed by atoms with Crippen molar-refractivity contribution in [1.82, 2.24) is 4.98 Å². The van der Waals surface area contributed by atoms with Crippen LogP contribution in [0.15, 0.2) is 36.7 Å². The van der Waals surface area contributed by atoms with Gasteiger partial charge in [0.25, 0.3) is 5.91 Å². The molecule has 0 unspecified atom stereocenters. The normalized spacial score (nSPS) is 11.2. The van der Waals surface area contributed by atoms with E-state index < -0.39 is 23.5 Å². The van der Waals surface area contributed by atoms with Crippen LogP contribution >= 0.6 is 0 Å². The van der Waals surface area contributed by atoms with Crippen molar-refractivity contribution in [2.75, 3.05) is 11.1 Å². The van der Waals surface area contributed by atoms with Crippen LogP contribution in [-0.4, -0.2) is 10.9 Å². The fraction of sp³-hybridized carbons (Fsp3) is 0.0769. The van der Waals surface area contributed by atoms with Gasteiger partial charge in [-0.3, -0.25) is 9.78 Å². The Kier molecular flexibility index (Phi) is 3.79. The molecule has 2 rings (SSSR count). The molecule has 8 heteroatoms. The number of benzene rings is 1. The van der Waals surface area contributed by atoms with Gasteiger partial charge < -0.3 is 11.1 Å². The van der Waals surface area contributed by atoms with E-state index in [1.165, 1.54) is 18.5 Å². The van der Waals surface area contributed by atoms with E-state index in [0.717, 1.165) is 6.07 Å². The zero-order valence-electron chi connectivity index (χ0n) is 10.4. The van der Waals surface area contributed by atoms with Crippen LogP contribution in [0.4, 0.5) is 28.9 Å². The molecule has 1 aromatic carbocycles. The number of anilines is 2. The van der Waals surface area contributed by atoms with Crippen molar-refractivity contribution in [3.63, 3.8) is 0 Å². The first-order valence-electron chi connectivity index (χ1n) is 5.66. The number of aromatic nitrogens is 1. The monoisotopic (exact) mass is 299 g/mol. The average Bonchev–Trinajstić information content (AvgIpc) is 2.40. The molecule has 0 radical (unpaired) electrons. The lowest BCUT2D eigenvalue weighted by atomic mass is 10.1. The summed E-state index contributed by atoms with van der Waals surface area (Å²) in [6.07, 6.45) is -2.30. The van der Waals surface area contributed by atoms with E-state index in [4.69, 9.17) is 5.73 Å². The third-order valence-electron chi connectivity index (χ3n) is 2.63. The summed E-state index contributed by atoms with van der Waals surface area (Å²) in [6, 6.07) is 3.54. The van der Waals surface area contributed by atoms with Crippen molar-refractivity contribution in [3.05, 3.63) is 53.6 Å². The highest BCUT2D eigenvalue weighted by atomic mass is 19.4. The molecule has 21 heavy (non-hydrogen) atoms. The largest absolute Gasteiger partial charge is 0.419 e. The number of halogens is 4. The number of alkyl halides is 3. The molecule has 0 aliphatic carbocycles. The Balaban J connectivity index is 2.29. The van der Waals surface area contributed by atoms with Crippen LogP contribution in [0.1, 0.15) is 15.9 Å². The third-order valence-corrected chi connectivity index (χ3v) is 2.63. The standard InChI is InChI=1S/C13H9F4N3O/c14-10-2-1-7(5-9(10)13(15,16)17)20-12(21)8-6-19-4-3-11(8)18/h1-6H,(H2,18,19)(H,20,21). The summed E-state index contributed by atoms with van der Waals surface area (Å²) in [5.74, 6) is -2.15. The number of nitrogen functional groups attached to an aromatic ring is 1. The summed E-state index contributed by atoms with van der Waals surface area (Å²) in [5, 5.41) is 2.21. The maximum Gasteiger partial charge on any atom is 0.419 e. The van der Waals surface area contributed by atoms with Crippen molar-refractivity contribution < 1.29 is 22.4 Å². The zero-order chi connectivity index (χ0) is 15.6. The van der Waals surface area contributed by atoms with Gasteiger partial charge in [0.05, 0.1) is 11.1 Å². The molecular weight excluding hydrogens is 290 g/mol. The Morgan fingerprint density at radius 1 is 1.24 bits per heavy atom. The summed E-state index contributed by atoms with van der Waals surface area (Å²) in [6.45, 7) is 0. The highest BCUT2D eigenvalue weighted by Crippen LogP contribution is 2.33. The van der Waals surface area contributed by atoms with E-state index in [1.54, 1.807) is 0 Å². The molecule has 1 amide bonds. The number of nitrogens with one attached hydrogen (secondary N) is 1. The summed E-state index contributed by atoms with van der Waals surface area (Å²) >= 11 is 0. The number of pyridine rings is 1. The molecule has 4 nitrogen and oxygen atoms in total. The third kappa shape index (κ3) is 3.28. The molecule has 0 fully saturated rings. The summed E-state index contributed by atoms with van der Waals surface area (Å²) in [5.41, 5.74) is 4.04. The van der Waals surface area contributed by atoms with Crippen LogP contribution in [0.25, 0.3) is 0 Å². The number of hydrogen-bond acceptors (Lipinski definition) is 3. The van der Waals surface area contributed by atoms with Crippen LogP contribution in [0.5, 0.6) is 0 Å². The van der Waals surface area contributed by atoms with Crippen LogP contribution in [0.3, 0.4) is 0 Å². The first kappa shape index (κ1) is 14.8. The molecule has 0 aliphatic heterocycles. The lowest BCUT2D eigenvalue weighted by Crippen LogP contribution is -2.15. The highest BCUT2D eigenvalue weighted by molar-refractivity contribution is 6.07. The van der Waals surface area contributed by atoms with Gasteiger partial charge in [-0.2, -0.15) is 13.2 Å². The minimum atomic E-state index is -4.85. The van der Waals surface area contributed by atoms with Gasteiger partial charge in [-0.25, -0.2) is 4.39 Å². The average molecular weight is 299 g/mol. The zero-order valence-corrected chi connectivity index (χ0v) is 10.4. The summed E-state index contributed by atoms with van der Waals surface area (Å²) in [4.78, 5) is 15.6. The van der Waals surface area contributed by atoms with Crippen molar-refractivity contribution in [1.29, 1.82) is 0 Å². The molecule has 2 aromatic rings. The number of nitrogens with two attached hydrogens (primary N) is 1. The first-order valence-corrected chi connectivity index (χ1v) is 5.66. The van der Waals surface area contributed by atoms with E-state index in [9.17, 15) is 22.4 Å². The van der Waals surface area contributed by atoms with Crippen LogP contribution in [-0.2, 0) is 6.18 Å². The highest BCUT2D eigenvalue weighted by Gasteiger charge is 2.34. The topological polar surface area (TPSA) is 68.0 Å².